The number of nitrogen functional groups attached to an aromatic ring is 1. The van der Waals surface area contributed by atoms with Crippen LogP contribution in [0.4, 0.5) is 29.0 Å². The summed E-state index contributed by atoms with van der Waals surface area (Å²) in [5.74, 6) is 0.141. The number of hydrogen-bond donors (Lipinski definition) is 2. The molecular weight excluding hydrogens is 360 g/mol. The first-order chi connectivity index (χ1) is 12.3. The van der Waals surface area contributed by atoms with Gasteiger partial charge in [0, 0.05) is 23.8 Å². The Labute approximate surface area is 155 Å². The summed E-state index contributed by atoms with van der Waals surface area (Å²) in [6.07, 6.45) is -0.0220. The van der Waals surface area contributed by atoms with Gasteiger partial charge in [0.2, 0.25) is 17.6 Å². The molecule has 1 aromatic heterocycles. The fourth-order valence-corrected chi connectivity index (χ4v) is 3.10. The van der Waals surface area contributed by atoms with Gasteiger partial charge in [0.05, 0.1) is 17.1 Å². The normalized spacial score (nSPS) is 20.0. The summed E-state index contributed by atoms with van der Waals surface area (Å²) in [5, 5.41) is 14.9. The Kier molecular flexibility index (Phi) is 5.10. The number of aromatic nitrogens is 2. The highest BCUT2D eigenvalue weighted by Crippen LogP contribution is 2.33. The maximum absolute atomic E-state index is 11.4. The van der Waals surface area contributed by atoms with E-state index in [1.807, 2.05) is 18.7 Å². The van der Waals surface area contributed by atoms with Gasteiger partial charge in [-0.05, 0) is 32.0 Å². The first kappa shape index (κ1) is 18.2. The molecule has 1 aliphatic heterocycles. The van der Waals surface area contributed by atoms with Crippen LogP contribution in [0.15, 0.2) is 24.3 Å². The van der Waals surface area contributed by atoms with Gasteiger partial charge >= 0.3 is 5.69 Å². The summed E-state index contributed by atoms with van der Waals surface area (Å²) in [4.78, 5) is 21.2. The van der Waals surface area contributed by atoms with E-state index < -0.39 is 4.92 Å². The molecule has 0 unspecified atom stereocenters. The number of nitrogens with two attached hydrogens (primary N) is 1. The van der Waals surface area contributed by atoms with Gasteiger partial charge in [-0.25, -0.2) is 0 Å². The molecule has 0 radical (unpaired) electrons. The van der Waals surface area contributed by atoms with Crippen molar-refractivity contribution in [2.45, 2.75) is 26.1 Å². The molecule has 2 atom stereocenters. The minimum Gasteiger partial charge on any atom is -0.378 e. The highest BCUT2D eigenvalue weighted by atomic mass is 35.5. The molecule has 2 aromatic rings. The molecule has 0 spiro atoms. The summed E-state index contributed by atoms with van der Waals surface area (Å²) in [5.41, 5.74) is 6.06. The zero-order valence-corrected chi connectivity index (χ0v) is 15.1. The molecule has 10 heteroatoms. The predicted octanol–water partition coefficient (Wildman–Crippen LogP) is 2.98. The van der Waals surface area contributed by atoms with Crippen LogP contribution in [0.3, 0.4) is 0 Å². The highest BCUT2D eigenvalue weighted by molar-refractivity contribution is 6.30. The summed E-state index contributed by atoms with van der Waals surface area (Å²) >= 11 is 5.98. The Balaban J connectivity index is 2.00. The number of nitrogens with zero attached hydrogens (tertiary/aromatic N) is 4. The van der Waals surface area contributed by atoms with Crippen molar-refractivity contribution in [3.05, 3.63) is 39.4 Å². The largest absolute Gasteiger partial charge is 0.378 e. The van der Waals surface area contributed by atoms with E-state index in [-0.39, 0.29) is 29.5 Å². The van der Waals surface area contributed by atoms with Gasteiger partial charge in [0.1, 0.15) is 0 Å². The molecule has 1 aromatic carbocycles. The number of morpholine rings is 1. The second kappa shape index (κ2) is 7.30. The maximum atomic E-state index is 11.4. The summed E-state index contributed by atoms with van der Waals surface area (Å²) in [6.45, 7) is 5.03. The fraction of sp³-hybridized carbons (Fsp3) is 0.375. The van der Waals surface area contributed by atoms with Gasteiger partial charge in [0.25, 0.3) is 0 Å². The molecule has 2 heterocycles. The number of hydrogen-bond acceptors (Lipinski definition) is 8. The minimum atomic E-state index is -0.601. The van der Waals surface area contributed by atoms with Gasteiger partial charge in [-0.3, -0.25) is 10.1 Å². The second-order valence-corrected chi connectivity index (χ2v) is 6.60. The second-order valence-electron chi connectivity index (χ2n) is 6.16. The summed E-state index contributed by atoms with van der Waals surface area (Å²) in [6, 6.07) is 6.80. The summed E-state index contributed by atoms with van der Waals surface area (Å²) in [7, 11) is 0. The van der Waals surface area contributed by atoms with Crippen molar-refractivity contribution >= 4 is 40.6 Å². The predicted molar refractivity (Wildman–Crippen MR) is 100 cm³/mol. The molecule has 3 rings (SSSR count). The molecule has 138 valence electrons. The number of nitro groups is 1. The van der Waals surface area contributed by atoms with Crippen molar-refractivity contribution in [3.8, 4) is 0 Å². The van der Waals surface area contributed by atoms with Crippen molar-refractivity contribution in [2.75, 3.05) is 29.0 Å². The van der Waals surface area contributed by atoms with E-state index >= 15 is 0 Å². The lowest BCUT2D eigenvalue weighted by Gasteiger charge is -2.35. The van der Waals surface area contributed by atoms with Crippen molar-refractivity contribution in [1.82, 2.24) is 9.97 Å². The molecule has 0 aliphatic carbocycles. The monoisotopic (exact) mass is 378 g/mol. The van der Waals surface area contributed by atoms with Crippen LogP contribution in [-0.4, -0.2) is 40.2 Å². The first-order valence-electron chi connectivity index (χ1n) is 8.08. The Hall–Kier alpha value is -2.65. The number of rotatable bonds is 4. The Morgan fingerprint density at radius 2 is 2.04 bits per heavy atom. The van der Waals surface area contributed by atoms with E-state index in [4.69, 9.17) is 22.1 Å². The summed E-state index contributed by atoms with van der Waals surface area (Å²) < 4.78 is 5.70. The lowest BCUT2D eigenvalue weighted by molar-refractivity contribution is -0.383. The van der Waals surface area contributed by atoms with Crippen LogP contribution in [-0.2, 0) is 4.74 Å². The topological polar surface area (TPSA) is 119 Å². The van der Waals surface area contributed by atoms with Gasteiger partial charge in [-0.15, -0.1) is 0 Å². The minimum absolute atomic E-state index is 0.0110. The van der Waals surface area contributed by atoms with E-state index in [2.05, 4.69) is 15.3 Å². The van der Waals surface area contributed by atoms with Crippen molar-refractivity contribution < 1.29 is 9.66 Å². The molecule has 9 nitrogen and oxygen atoms in total. The van der Waals surface area contributed by atoms with Crippen LogP contribution in [0.2, 0.25) is 5.02 Å². The quantitative estimate of drug-likeness (QED) is 0.615. The SMILES string of the molecule is C[C@H]1CN(c2nc(N)c([N+](=O)[O-])c(Nc3cccc(Cl)c3)n2)C[C@H](C)O1. The average Bonchev–Trinajstić information content (AvgIpc) is 2.53. The Morgan fingerprint density at radius 3 is 2.65 bits per heavy atom. The maximum Gasteiger partial charge on any atom is 0.353 e. The molecule has 0 bridgehead atoms. The van der Waals surface area contributed by atoms with Crippen LogP contribution in [0, 0.1) is 10.1 Å². The standard InChI is InChI=1S/C16H19ClN6O3/c1-9-7-22(8-10(2)26-9)16-20-14(18)13(23(24)25)15(21-16)19-12-5-3-4-11(17)6-12/h3-6,9-10H,7-8H2,1-2H3,(H3,18,19,20,21)/t9-,10-/m0/s1. The van der Waals surface area contributed by atoms with Crippen molar-refractivity contribution in [2.24, 2.45) is 0 Å². The molecule has 1 fully saturated rings. The van der Waals surface area contributed by atoms with Gasteiger partial charge < -0.3 is 20.7 Å². The molecule has 1 saturated heterocycles. The third kappa shape index (κ3) is 3.94. The lowest BCUT2D eigenvalue weighted by atomic mass is 10.2. The molecule has 26 heavy (non-hydrogen) atoms. The Morgan fingerprint density at radius 1 is 1.35 bits per heavy atom. The first-order valence-corrected chi connectivity index (χ1v) is 8.46. The number of anilines is 4. The van der Waals surface area contributed by atoms with Gasteiger partial charge in [-0.2, -0.15) is 9.97 Å². The third-order valence-electron chi connectivity index (χ3n) is 3.87. The van der Waals surface area contributed by atoms with Crippen LogP contribution >= 0.6 is 11.6 Å². The number of ether oxygens (including phenoxy) is 1. The van der Waals surface area contributed by atoms with E-state index in [0.717, 1.165) is 0 Å². The van der Waals surface area contributed by atoms with Gasteiger partial charge in [-0.1, -0.05) is 17.7 Å². The van der Waals surface area contributed by atoms with Crippen LogP contribution in [0.5, 0.6) is 0 Å². The lowest BCUT2D eigenvalue weighted by Crippen LogP contribution is -2.46. The number of halogens is 1. The molecule has 0 saturated carbocycles. The van der Waals surface area contributed by atoms with E-state index in [1.165, 1.54) is 0 Å². The van der Waals surface area contributed by atoms with Crippen molar-refractivity contribution in [3.63, 3.8) is 0 Å². The fourth-order valence-electron chi connectivity index (χ4n) is 2.91. The number of nitrogens with one attached hydrogen (secondary N) is 1. The number of benzene rings is 1. The Bertz CT molecular complexity index is 824. The van der Waals surface area contributed by atoms with Crippen LogP contribution in [0.1, 0.15) is 13.8 Å². The highest BCUT2D eigenvalue weighted by Gasteiger charge is 2.29. The van der Waals surface area contributed by atoms with Gasteiger partial charge in [0.15, 0.2) is 0 Å². The van der Waals surface area contributed by atoms with E-state index in [1.54, 1.807) is 24.3 Å². The molecule has 1 aliphatic rings. The zero-order chi connectivity index (χ0) is 18.8. The van der Waals surface area contributed by atoms with Crippen molar-refractivity contribution in [1.29, 1.82) is 0 Å². The van der Waals surface area contributed by atoms with E-state index in [9.17, 15) is 10.1 Å². The molecule has 3 N–H and O–H groups in total. The van der Waals surface area contributed by atoms with Crippen LogP contribution < -0.4 is 16.0 Å². The van der Waals surface area contributed by atoms with E-state index in [0.29, 0.717) is 29.7 Å². The zero-order valence-electron chi connectivity index (χ0n) is 14.3. The van der Waals surface area contributed by atoms with Crippen LogP contribution in [0.25, 0.3) is 0 Å². The molecule has 0 amide bonds. The average molecular weight is 379 g/mol. The molecular formula is C16H19ClN6O3. The smallest absolute Gasteiger partial charge is 0.353 e. The third-order valence-corrected chi connectivity index (χ3v) is 4.11.